The Kier molecular flexibility index (Phi) is 69.4. The highest BCUT2D eigenvalue weighted by Crippen LogP contribution is 2.25. The maximum Gasteiger partial charge on any atom is 0.249 e. The van der Waals surface area contributed by atoms with Gasteiger partial charge in [-0.2, -0.15) is 0 Å². The first kappa shape index (κ1) is 91.3. The van der Waals surface area contributed by atoms with Crippen LogP contribution in [0.2, 0.25) is 0 Å². The zero-order valence-corrected chi connectivity index (χ0v) is 62.7. The molecule has 9 unspecified atom stereocenters. The number of aliphatic hydroxyl groups excluding tert-OH is 7. The number of ether oxygens (including phenoxy) is 2. The maximum atomic E-state index is 13.3. The van der Waals surface area contributed by atoms with Crippen molar-refractivity contribution < 1.29 is 50.0 Å². The van der Waals surface area contributed by atoms with Gasteiger partial charge in [0.05, 0.1) is 25.4 Å². The van der Waals surface area contributed by atoms with E-state index in [1.165, 1.54) is 340 Å². The highest BCUT2D eigenvalue weighted by Gasteiger charge is 2.44. The highest BCUT2D eigenvalue weighted by molar-refractivity contribution is 5.80. The van der Waals surface area contributed by atoms with E-state index in [1.54, 1.807) is 0 Å². The van der Waals surface area contributed by atoms with Crippen molar-refractivity contribution in [1.29, 1.82) is 0 Å². The number of unbranched alkanes of at least 4 members (excludes halogenated alkanes) is 57. The molecular weight excluding hydrogens is 1180 g/mol. The summed E-state index contributed by atoms with van der Waals surface area (Å²) in [6.45, 7) is 3.52. The molecule has 1 fully saturated rings. The fraction of sp³-hybridized carbons (Fsp3) is 0.917. The van der Waals surface area contributed by atoms with Gasteiger partial charge in [0.1, 0.15) is 36.6 Å². The van der Waals surface area contributed by atoms with Crippen LogP contribution in [-0.4, -0.2) is 110 Å². The Balaban J connectivity index is 2.13. The van der Waals surface area contributed by atoms with Crippen LogP contribution in [0.15, 0.2) is 36.5 Å². The largest absolute Gasteiger partial charge is 0.394 e. The second kappa shape index (κ2) is 72.1. The molecule has 1 heterocycles. The van der Waals surface area contributed by atoms with E-state index in [0.717, 1.165) is 44.9 Å². The molecule has 0 aliphatic carbocycles. The minimum atomic E-state index is -1.67. The number of rotatable bonds is 75. The number of carbonyl (C=O) groups excluding carboxylic acids is 1. The van der Waals surface area contributed by atoms with Gasteiger partial charge in [0.2, 0.25) is 5.91 Å². The first-order valence-electron chi connectivity index (χ1n) is 41.9. The summed E-state index contributed by atoms with van der Waals surface area (Å²) in [6.07, 6.45) is 84.2. The smallest absolute Gasteiger partial charge is 0.249 e. The molecule has 0 aromatic carbocycles. The topological polar surface area (TPSA) is 189 Å². The summed E-state index contributed by atoms with van der Waals surface area (Å²) >= 11 is 0. The van der Waals surface area contributed by atoms with Crippen molar-refractivity contribution in [2.24, 2.45) is 0 Å². The lowest BCUT2D eigenvalue weighted by molar-refractivity contribution is -0.303. The number of carbonyl (C=O) groups is 1. The lowest BCUT2D eigenvalue weighted by atomic mass is 9.98. The molecule has 0 spiro atoms. The molecule has 11 nitrogen and oxygen atoms in total. The fourth-order valence-corrected chi connectivity index (χ4v) is 13.8. The minimum absolute atomic E-state index is 0.256. The van der Waals surface area contributed by atoms with Gasteiger partial charge in [-0.3, -0.25) is 4.79 Å². The van der Waals surface area contributed by atoms with Crippen LogP contribution in [0.4, 0.5) is 0 Å². The summed E-state index contributed by atoms with van der Waals surface area (Å²) in [5, 5.41) is 76.8. The quantitative estimate of drug-likeness (QED) is 0.0215. The van der Waals surface area contributed by atoms with E-state index in [2.05, 4.69) is 55.6 Å². The summed E-state index contributed by atoms with van der Waals surface area (Å²) < 4.78 is 11.2. The summed E-state index contributed by atoms with van der Waals surface area (Å²) in [6, 6.07) is -1.19. The van der Waals surface area contributed by atoms with Crippen molar-refractivity contribution in [2.45, 2.75) is 480 Å². The SMILES string of the molecule is CCCCCCCCCCCCCCC/C=C\C/C=C\CCCCCCCCCCCCCCCCCCC(O)C(=O)NC(COC1OC(CO)C(O)C(O)C1O)C(O)C(O)CCC/C=C/CCCCCCCCCCCCCCCCCCCCCCCCCCCCC. The molecular formula is C84H161NO10. The summed E-state index contributed by atoms with van der Waals surface area (Å²) in [5.74, 6) is -0.699. The van der Waals surface area contributed by atoms with E-state index in [4.69, 9.17) is 9.47 Å². The molecule has 1 aliphatic heterocycles. The van der Waals surface area contributed by atoms with Crippen LogP contribution in [0.3, 0.4) is 0 Å². The van der Waals surface area contributed by atoms with Gasteiger partial charge in [0.15, 0.2) is 6.29 Å². The lowest BCUT2D eigenvalue weighted by Gasteiger charge is -2.40. The molecule has 1 amide bonds. The van der Waals surface area contributed by atoms with Gasteiger partial charge in [0.25, 0.3) is 0 Å². The molecule has 0 aromatic rings. The predicted octanol–water partition coefficient (Wildman–Crippen LogP) is 22.0. The lowest BCUT2D eigenvalue weighted by Crippen LogP contribution is -2.60. The van der Waals surface area contributed by atoms with E-state index < -0.39 is 74.2 Å². The molecule has 0 bridgehead atoms. The van der Waals surface area contributed by atoms with Crippen molar-refractivity contribution in [3.05, 3.63) is 36.5 Å². The van der Waals surface area contributed by atoms with Crippen LogP contribution in [0, 0.1) is 0 Å². The highest BCUT2D eigenvalue weighted by atomic mass is 16.7. The van der Waals surface area contributed by atoms with E-state index in [1.807, 2.05) is 0 Å². The zero-order chi connectivity index (χ0) is 68.8. The van der Waals surface area contributed by atoms with Gasteiger partial charge < -0.3 is 50.5 Å². The van der Waals surface area contributed by atoms with Crippen LogP contribution in [0.1, 0.15) is 425 Å². The van der Waals surface area contributed by atoms with Gasteiger partial charge in [-0.15, -0.1) is 0 Å². The molecule has 562 valence electrons. The van der Waals surface area contributed by atoms with E-state index in [9.17, 15) is 40.5 Å². The Morgan fingerprint density at radius 1 is 0.368 bits per heavy atom. The van der Waals surface area contributed by atoms with Gasteiger partial charge in [0, 0.05) is 0 Å². The van der Waals surface area contributed by atoms with Crippen LogP contribution >= 0.6 is 0 Å². The number of nitrogens with one attached hydrogen (secondary N) is 1. The van der Waals surface area contributed by atoms with Crippen molar-refractivity contribution in [3.63, 3.8) is 0 Å². The third kappa shape index (κ3) is 58.7. The van der Waals surface area contributed by atoms with Crippen LogP contribution in [0.5, 0.6) is 0 Å². The Morgan fingerprint density at radius 2 is 0.653 bits per heavy atom. The monoisotopic (exact) mass is 1340 g/mol. The molecule has 1 rings (SSSR count). The number of allylic oxidation sites excluding steroid dienone is 6. The average Bonchev–Trinajstić information content (AvgIpc) is 0.832. The zero-order valence-electron chi connectivity index (χ0n) is 62.7. The van der Waals surface area contributed by atoms with Crippen LogP contribution < -0.4 is 5.32 Å². The Hall–Kier alpha value is -1.67. The molecule has 0 saturated carbocycles. The van der Waals surface area contributed by atoms with Crippen molar-refractivity contribution in [3.8, 4) is 0 Å². The number of hydrogen-bond acceptors (Lipinski definition) is 10. The van der Waals surface area contributed by atoms with Crippen LogP contribution in [0.25, 0.3) is 0 Å². The van der Waals surface area contributed by atoms with E-state index in [-0.39, 0.29) is 12.8 Å². The summed E-state index contributed by atoms with van der Waals surface area (Å²) in [5.41, 5.74) is 0. The first-order chi connectivity index (χ1) is 46.7. The van der Waals surface area contributed by atoms with Crippen molar-refractivity contribution >= 4 is 5.91 Å². The van der Waals surface area contributed by atoms with Crippen molar-refractivity contribution in [1.82, 2.24) is 5.32 Å². The Morgan fingerprint density at radius 3 is 0.968 bits per heavy atom. The second-order valence-electron chi connectivity index (χ2n) is 29.5. The summed E-state index contributed by atoms with van der Waals surface area (Å²) in [4.78, 5) is 13.3. The average molecular weight is 1350 g/mol. The molecule has 11 heteroatoms. The number of aliphatic hydroxyl groups is 7. The van der Waals surface area contributed by atoms with Gasteiger partial charge in [-0.25, -0.2) is 0 Å². The standard InChI is InChI=1S/C84H161NO10/c1-3-5-7-9-11-13-15-17-19-21-23-25-27-29-31-33-35-37-38-39-40-42-44-46-48-50-52-54-56-58-60-62-64-66-68-70-72-77(88)83(93)85-75(74-94-84-82(92)81(91)80(90)78(73-86)95-84)79(89)76(87)71-69-67-65-63-61-59-57-55-53-51-49-47-45-43-41-36-34-32-30-28-26-24-22-20-18-16-14-12-10-8-6-4-2/h31,33,37-38,63,65,75-82,84,86-92H,3-30,32,34-36,39-62,64,66-74H2,1-2H3,(H,85,93)/b33-31-,38-37-,65-63+. The predicted molar refractivity (Wildman–Crippen MR) is 404 cm³/mol. The Labute approximate surface area is 587 Å². The molecule has 1 aliphatic rings. The molecule has 95 heavy (non-hydrogen) atoms. The number of amides is 1. The third-order valence-corrected chi connectivity index (χ3v) is 20.4. The Bertz CT molecular complexity index is 1640. The molecule has 1 saturated heterocycles. The fourth-order valence-electron chi connectivity index (χ4n) is 13.8. The maximum absolute atomic E-state index is 13.3. The normalized spacial score (nSPS) is 18.3. The van der Waals surface area contributed by atoms with Crippen molar-refractivity contribution in [2.75, 3.05) is 13.2 Å². The van der Waals surface area contributed by atoms with Gasteiger partial charge in [-0.1, -0.05) is 391 Å². The second-order valence-corrected chi connectivity index (χ2v) is 29.5. The molecule has 0 aromatic heterocycles. The van der Waals surface area contributed by atoms with E-state index >= 15 is 0 Å². The van der Waals surface area contributed by atoms with E-state index in [0.29, 0.717) is 12.8 Å². The van der Waals surface area contributed by atoms with Gasteiger partial charge >= 0.3 is 0 Å². The molecule has 0 radical (unpaired) electrons. The third-order valence-electron chi connectivity index (χ3n) is 20.4. The molecule has 8 N–H and O–H groups in total. The summed E-state index contributed by atoms with van der Waals surface area (Å²) in [7, 11) is 0. The first-order valence-corrected chi connectivity index (χ1v) is 41.9. The van der Waals surface area contributed by atoms with Gasteiger partial charge in [-0.05, 0) is 70.6 Å². The number of hydrogen-bond donors (Lipinski definition) is 8. The minimum Gasteiger partial charge on any atom is -0.394 e. The van der Waals surface area contributed by atoms with Crippen LogP contribution in [-0.2, 0) is 14.3 Å². The molecule has 9 atom stereocenters.